The van der Waals surface area contributed by atoms with Crippen molar-refractivity contribution in [3.63, 3.8) is 0 Å². The number of methoxy groups -OCH3 is 2. The van der Waals surface area contributed by atoms with Gasteiger partial charge in [-0.15, -0.1) is 11.3 Å². The number of nitrogens with zero attached hydrogens (tertiary/aromatic N) is 3. The van der Waals surface area contributed by atoms with Gasteiger partial charge in [-0.1, -0.05) is 23.5 Å². The van der Waals surface area contributed by atoms with E-state index in [-0.39, 0.29) is 12.0 Å². The molecule has 1 amide bonds. The Morgan fingerprint density at radius 3 is 2.76 bits per heavy atom. The Balaban J connectivity index is 1.46. The molecule has 1 aliphatic rings. The van der Waals surface area contributed by atoms with Crippen molar-refractivity contribution in [1.82, 2.24) is 9.97 Å². The van der Waals surface area contributed by atoms with Crippen molar-refractivity contribution < 1.29 is 19.0 Å². The first-order valence-corrected chi connectivity index (χ1v) is 12.3. The molecule has 0 spiro atoms. The fraction of sp³-hybridized carbons (Fsp3) is 0.292. The molecule has 1 saturated heterocycles. The van der Waals surface area contributed by atoms with Crippen LogP contribution in [-0.2, 0) is 4.74 Å². The SMILES string of the molecule is COc1ccc(-c2nc(C(=O)N(C[C@@H]3CCCO3)c3nc4ccccc4s3)cs2)cc1OC. The first-order valence-electron chi connectivity index (χ1n) is 10.6. The smallest absolute Gasteiger partial charge is 0.279 e. The van der Waals surface area contributed by atoms with Crippen LogP contribution in [0.1, 0.15) is 23.3 Å². The molecule has 0 bridgehead atoms. The van der Waals surface area contributed by atoms with Crippen molar-refractivity contribution in [3.05, 3.63) is 53.5 Å². The summed E-state index contributed by atoms with van der Waals surface area (Å²) in [4.78, 5) is 24.7. The Morgan fingerprint density at radius 2 is 2.00 bits per heavy atom. The molecule has 2 aromatic heterocycles. The van der Waals surface area contributed by atoms with Gasteiger partial charge in [0.2, 0.25) is 0 Å². The summed E-state index contributed by atoms with van der Waals surface area (Å²) in [5.41, 5.74) is 2.14. The second-order valence-corrected chi connectivity index (χ2v) is 9.49. The maximum atomic E-state index is 13.6. The molecule has 0 N–H and O–H groups in total. The van der Waals surface area contributed by atoms with Crippen molar-refractivity contribution in [3.8, 4) is 22.1 Å². The van der Waals surface area contributed by atoms with Crippen LogP contribution >= 0.6 is 22.7 Å². The maximum absolute atomic E-state index is 13.6. The second-order valence-electron chi connectivity index (χ2n) is 7.62. The number of hydrogen-bond acceptors (Lipinski definition) is 8. The van der Waals surface area contributed by atoms with Crippen molar-refractivity contribution >= 4 is 43.9 Å². The number of anilines is 1. The molecule has 4 aromatic rings. The van der Waals surface area contributed by atoms with Crippen LogP contribution in [0.3, 0.4) is 0 Å². The normalized spacial score (nSPS) is 15.6. The van der Waals surface area contributed by atoms with E-state index in [1.807, 2.05) is 42.5 Å². The van der Waals surface area contributed by atoms with Crippen LogP contribution in [0.5, 0.6) is 11.5 Å². The zero-order chi connectivity index (χ0) is 22.8. The van der Waals surface area contributed by atoms with Gasteiger partial charge in [0.1, 0.15) is 10.7 Å². The maximum Gasteiger partial charge on any atom is 0.279 e. The van der Waals surface area contributed by atoms with Crippen LogP contribution < -0.4 is 14.4 Å². The van der Waals surface area contributed by atoms with Crippen LogP contribution in [-0.4, -0.2) is 49.4 Å². The average Bonchev–Trinajstić information content (AvgIpc) is 3.62. The number of hydrogen-bond donors (Lipinski definition) is 0. The van der Waals surface area contributed by atoms with E-state index >= 15 is 0 Å². The summed E-state index contributed by atoms with van der Waals surface area (Å²) in [6.45, 7) is 1.19. The molecular weight excluding hydrogens is 458 g/mol. The van der Waals surface area contributed by atoms with Gasteiger partial charge in [0.25, 0.3) is 5.91 Å². The standard InChI is InChI=1S/C24H23N3O4S2/c1-29-19-10-9-15(12-20(19)30-2)22-25-18(14-32-22)23(28)27(13-16-6-5-11-31-16)24-26-17-7-3-4-8-21(17)33-24/h3-4,7-10,12,14,16H,5-6,11,13H2,1-2H3/t16-/m0/s1. The van der Waals surface area contributed by atoms with Gasteiger partial charge in [-0.2, -0.15) is 0 Å². The monoisotopic (exact) mass is 481 g/mol. The fourth-order valence-corrected chi connectivity index (χ4v) is 5.59. The van der Waals surface area contributed by atoms with Crippen LogP contribution in [0.15, 0.2) is 47.8 Å². The minimum Gasteiger partial charge on any atom is -0.493 e. The van der Waals surface area contributed by atoms with E-state index in [9.17, 15) is 4.79 Å². The lowest BCUT2D eigenvalue weighted by Crippen LogP contribution is -2.37. The highest BCUT2D eigenvalue weighted by Gasteiger charge is 2.28. The summed E-state index contributed by atoms with van der Waals surface area (Å²) in [5.74, 6) is 1.09. The number of fused-ring (bicyclic) bond motifs is 1. The van der Waals surface area contributed by atoms with Crippen molar-refractivity contribution in [2.75, 3.05) is 32.3 Å². The highest BCUT2D eigenvalue weighted by atomic mass is 32.1. The molecule has 33 heavy (non-hydrogen) atoms. The van der Waals surface area contributed by atoms with Crippen LogP contribution in [0.2, 0.25) is 0 Å². The summed E-state index contributed by atoms with van der Waals surface area (Å²) < 4.78 is 17.6. The molecule has 2 aromatic carbocycles. The Bertz CT molecular complexity index is 1250. The van der Waals surface area contributed by atoms with Crippen LogP contribution in [0.25, 0.3) is 20.8 Å². The highest BCUT2D eigenvalue weighted by Crippen LogP contribution is 2.35. The van der Waals surface area contributed by atoms with E-state index in [2.05, 4.69) is 4.98 Å². The molecule has 170 valence electrons. The minimum atomic E-state index is -0.174. The molecule has 1 atom stereocenters. The van der Waals surface area contributed by atoms with E-state index in [0.29, 0.717) is 28.9 Å². The van der Waals surface area contributed by atoms with Gasteiger partial charge >= 0.3 is 0 Å². The van der Waals surface area contributed by atoms with Gasteiger partial charge in [-0.3, -0.25) is 9.69 Å². The van der Waals surface area contributed by atoms with Crippen LogP contribution in [0, 0.1) is 0 Å². The molecule has 3 heterocycles. The first-order chi connectivity index (χ1) is 16.2. The van der Waals surface area contributed by atoms with E-state index in [1.165, 1.54) is 22.7 Å². The molecule has 1 aliphatic heterocycles. The van der Waals surface area contributed by atoms with Gasteiger partial charge in [-0.25, -0.2) is 9.97 Å². The molecule has 0 aliphatic carbocycles. The molecule has 0 saturated carbocycles. The van der Waals surface area contributed by atoms with Gasteiger partial charge < -0.3 is 14.2 Å². The average molecular weight is 482 g/mol. The third-order valence-corrected chi connectivity index (χ3v) is 7.47. The molecular formula is C24H23N3O4S2. The summed E-state index contributed by atoms with van der Waals surface area (Å²) in [5, 5.41) is 3.20. The molecule has 7 nitrogen and oxygen atoms in total. The van der Waals surface area contributed by atoms with E-state index in [0.717, 1.165) is 40.2 Å². The molecule has 1 fully saturated rings. The van der Waals surface area contributed by atoms with Crippen molar-refractivity contribution in [2.45, 2.75) is 18.9 Å². The number of rotatable bonds is 7. The highest BCUT2D eigenvalue weighted by molar-refractivity contribution is 7.22. The predicted molar refractivity (Wildman–Crippen MR) is 131 cm³/mol. The van der Waals surface area contributed by atoms with Gasteiger partial charge in [-0.05, 0) is 43.2 Å². The summed E-state index contributed by atoms with van der Waals surface area (Å²) in [6.07, 6.45) is 1.94. The Labute approximate surface area is 199 Å². The lowest BCUT2D eigenvalue weighted by Gasteiger charge is -2.22. The van der Waals surface area contributed by atoms with E-state index in [1.54, 1.807) is 24.5 Å². The van der Waals surface area contributed by atoms with Gasteiger partial charge in [0, 0.05) is 17.6 Å². The number of ether oxygens (including phenoxy) is 3. The molecule has 0 radical (unpaired) electrons. The number of carbonyl (C=O) groups excluding carboxylic acids is 1. The number of aromatic nitrogens is 2. The van der Waals surface area contributed by atoms with Gasteiger partial charge in [0.05, 0.1) is 37.1 Å². The third-order valence-electron chi connectivity index (χ3n) is 5.52. The van der Waals surface area contributed by atoms with Crippen LogP contribution in [0.4, 0.5) is 5.13 Å². The van der Waals surface area contributed by atoms with Crippen molar-refractivity contribution in [1.29, 1.82) is 0 Å². The zero-order valence-electron chi connectivity index (χ0n) is 18.3. The lowest BCUT2D eigenvalue weighted by atomic mass is 10.2. The topological polar surface area (TPSA) is 73.8 Å². The minimum absolute atomic E-state index is 0.00455. The number of carbonyl (C=O) groups is 1. The first kappa shape index (κ1) is 21.8. The largest absolute Gasteiger partial charge is 0.493 e. The molecule has 9 heteroatoms. The van der Waals surface area contributed by atoms with E-state index < -0.39 is 0 Å². The predicted octanol–water partition coefficient (Wildman–Crippen LogP) is 5.26. The second kappa shape index (κ2) is 9.46. The Hall–Kier alpha value is -3.01. The summed E-state index contributed by atoms with van der Waals surface area (Å²) in [6, 6.07) is 13.5. The lowest BCUT2D eigenvalue weighted by molar-refractivity contribution is 0.0914. The van der Waals surface area contributed by atoms with Gasteiger partial charge in [0.15, 0.2) is 16.6 Å². The summed E-state index contributed by atoms with van der Waals surface area (Å²) >= 11 is 2.93. The Kier molecular flexibility index (Phi) is 6.26. The zero-order valence-corrected chi connectivity index (χ0v) is 19.9. The summed E-state index contributed by atoms with van der Waals surface area (Å²) in [7, 11) is 3.20. The quantitative estimate of drug-likeness (QED) is 0.358. The Morgan fingerprint density at radius 1 is 1.15 bits per heavy atom. The molecule has 0 unspecified atom stereocenters. The van der Waals surface area contributed by atoms with Crippen molar-refractivity contribution in [2.24, 2.45) is 0 Å². The molecule has 5 rings (SSSR count). The fourth-order valence-electron chi connectivity index (χ4n) is 3.83. The van der Waals surface area contributed by atoms with E-state index in [4.69, 9.17) is 19.2 Å². The third kappa shape index (κ3) is 4.44. The number of para-hydroxylation sites is 1. The number of benzene rings is 2. The number of thiazole rings is 2. The number of amides is 1.